The van der Waals surface area contributed by atoms with Crippen molar-refractivity contribution in [1.82, 2.24) is 0 Å². The van der Waals surface area contributed by atoms with Crippen LogP contribution in [0, 0.1) is 62.4 Å². The standard InChI is InChI=1S/C17H18NO4.C5H5.2CO.Fe/c1-13(22-12-14-5-3-2-4-6-14)11-17(19)15-7-9-16(10-8-15)18(20)21;1-2-4-5-3-1;2*1-2;/h2-10,13,17,19H,1,11-12H2;1-5H;;;/q-1;;;;+2. The Balaban J connectivity index is 0. The minimum Gasteiger partial charge on any atom is -0.405 e. The molecule has 1 fully saturated rings. The van der Waals surface area contributed by atoms with E-state index in [1.54, 1.807) is 12.1 Å². The summed E-state index contributed by atoms with van der Waals surface area (Å²) < 4.78 is 20.6. The van der Waals surface area contributed by atoms with Crippen molar-refractivity contribution in [2.24, 2.45) is 0 Å². The average molecular weight is 477 g/mol. The molecule has 2 aromatic carbocycles. The maximum Gasteiger partial charge on any atom is 2.00 e. The summed E-state index contributed by atoms with van der Waals surface area (Å²) in [5, 5.41) is 20.7. The van der Waals surface area contributed by atoms with Crippen molar-refractivity contribution in [3.8, 4) is 0 Å². The summed E-state index contributed by atoms with van der Waals surface area (Å²) in [5.74, 6) is 0. The third-order valence-electron chi connectivity index (χ3n) is 3.86. The van der Waals surface area contributed by atoms with E-state index in [9.17, 15) is 15.2 Å². The van der Waals surface area contributed by atoms with E-state index in [1.807, 2.05) is 62.4 Å². The first kappa shape index (κ1) is 31.9. The van der Waals surface area contributed by atoms with Crippen molar-refractivity contribution >= 4 is 5.69 Å². The van der Waals surface area contributed by atoms with E-state index in [1.165, 1.54) is 12.1 Å². The number of nitro groups is 1. The van der Waals surface area contributed by atoms with Crippen LogP contribution in [0.4, 0.5) is 5.69 Å². The number of nitro benzene ring substituents is 1. The molecule has 3 rings (SSSR count). The third-order valence-corrected chi connectivity index (χ3v) is 3.86. The normalized spacial score (nSPS) is 13.2. The van der Waals surface area contributed by atoms with Crippen molar-refractivity contribution in [3.63, 3.8) is 0 Å². The molecule has 7 nitrogen and oxygen atoms in total. The van der Waals surface area contributed by atoms with E-state index in [0.29, 0.717) is 18.6 Å². The summed E-state index contributed by atoms with van der Waals surface area (Å²) in [6.07, 6.45) is 9.19. The van der Waals surface area contributed by atoms with E-state index < -0.39 is 11.0 Å². The molecule has 8 heteroatoms. The van der Waals surface area contributed by atoms with Gasteiger partial charge in [-0.15, -0.1) is 0 Å². The molecule has 0 aromatic heterocycles. The Morgan fingerprint density at radius 1 is 0.938 bits per heavy atom. The SMILES string of the molecule is [C-]#[O+].[C-]#[O+].[CH2-]C(CC(O)c1ccc([N+](=O)[O-])cc1)OCc1ccccc1.[CH]1[CH][CH][CH][CH]1.[Fe+2]. The molecule has 0 aliphatic heterocycles. The zero-order chi connectivity index (χ0) is 23.5. The summed E-state index contributed by atoms with van der Waals surface area (Å²) in [4.78, 5) is 10.1. The van der Waals surface area contributed by atoms with E-state index in [4.69, 9.17) is 14.0 Å². The summed E-state index contributed by atoms with van der Waals surface area (Å²) in [6.45, 7) is 13.3. The number of aliphatic hydroxyl groups excluding tert-OH is 1. The second-order valence-electron chi connectivity index (χ2n) is 5.98. The summed E-state index contributed by atoms with van der Waals surface area (Å²) >= 11 is 0. The van der Waals surface area contributed by atoms with E-state index in [-0.39, 0.29) is 28.9 Å². The van der Waals surface area contributed by atoms with Gasteiger partial charge in [-0.2, -0.15) is 0 Å². The first-order valence-electron chi connectivity index (χ1n) is 9.05. The van der Waals surface area contributed by atoms with Crippen LogP contribution in [0.25, 0.3) is 0 Å². The zero-order valence-corrected chi connectivity index (χ0v) is 18.3. The van der Waals surface area contributed by atoms with E-state index in [0.717, 1.165) is 5.56 Å². The van der Waals surface area contributed by atoms with Crippen LogP contribution >= 0.6 is 0 Å². The van der Waals surface area contributed by atoms with Gasteiger partial charge in [-0.05, 0) is 61.8 Å². The Morgan fingerprint density at radius 2 is 1.41 bits per heavy atom. The molecule has 2 unspecified atom stereocenters. The summed E-state index contributed by atoms with van der Waals surface area (Å²) in [5.41, 5.74) is 1.66. The third kappa shape index (κ3) is 13.9. The van der Waals surface area contributed by atoms with Gasteiger partial charge in [0.05, 0.1) is 17.6 Å². The number of aliphatic hydroxyl groups is 1. The number of nitrogens with zero attached hydrogens (tertiary/aromatic N) is 1. The van der Waals surface area contributed by atoms with Crippen molar-refractivity contribution in [2.45, 2.75) is 25.2 Å². The first-order valence-corrected chi connectivity index (χ1v) is 9.05. The molecular formula is C24H23FeNO6+. The van der Waals surface area contributed by atoms with Gasteiger partial charge in [0.1, 0.15) is 0 Å². The molecule has 2 aromatic rings. The monoisotopic (exact) mass is 477 g/mol. The van der Waals surface area contributed by atoms with Crippen LogP contribution in [-0.4, -0.2) is 16.1 Å². The zero-order valence-electron chi connectivity index (χ0n) is 17.1. The second kappa shape index (κ2) is 20.7. The van der Waals surface area contributed by atoms with Crippen LogP contribution in [0.1, 0.15) is 23.7 Å². The van der Waals surface area contributed by atoms with Crippen molar-refractivity contribution in [1.29, 1.82) is 0 Å². The Bertz CT molecular complexity index is 747. The molecule has 1 saturated carbocycles. The summed E-state index contributed by atoms with van der Waals surface area (Å²) in [7, 11) is 0. The van der Waals surface area contributed by atoms with Crippen LogP contribution in [-0.2, 0) is 37.7 Å². The molecular weight excluding hydrogens is 454 g/mol. The molecule has 1 aliphatic carbocycles. The fourth-order valence-electron chi connectivity index (χ4n) is 2.38. The van der Waals surface area contributed by atoms with Crippen LogP contribution in [0.5, 0.6) is 0 Å². The maximum absolute atomic E-state index is 10.6. The van der Waals surface area contributed by atoms with Gasteiger partial charge >= 0.3 is 39.7 Å². The predicted molar refractivity (Wildman–Crippen MR) is 112 cm³/mol. The molecule has 1 N–H and O–H groups in total. The van der Waals surface area contributed by atoms with Crippen LogP contribution in [0.15, 0.2) is 54.6 Å². The van der Waals surface area contributed by atoms with Gasteiger partial charge in [0, 0.05) is 12.1 Å². The van der Waals surface area contributed by atoms with Gasteiger partial charge in [-0.25, -0.2) is 0 Å². The molecule has 0 amide bonds. The van der Waals surface area contributed by atoms with Gasteiger partial charge in [0.25, 0.3) is 5.69 Å². The van der Waals surface area contributed by atoms with Gasteiger partial charge in [-0.1, -0.05) is 36.4 Å². The van der Waals surface area contributed by atoms with E-state index >= 15 is 0 Å². The number of non-ortho nitro benzene ring substituents is 1. The Kier molecular flexibility index (Phi) is 20.6. The van der Waals surface area contributed by atoms with Gasteiger partial charge in [0.2, 0.25) is 0 Å². The molecule has 32 heavy (non-hydrogen) atoms. The van der Waals surface area contributed by atoms with E-state index in [2.05, 4.69) is 20.2 Å². The number of hydrogen-bond donors (Lipinski definition) is 1. The van der Waals surface area contributed by atoms with Crippen molar-refractivity contribution in [2.75, 3.05) is 0 Å². The minimum absolute atomic E-state index is 0. The Hall–Kier alpha value is -2.24. The summed E-state index contributed by atoms with van der Waals surface area (Å²) in [6, 6.07) is 15.6. The minimum atomic E-state index is -0.765. The Morgan fingerprint density at radius 3 is 1.84 bits per heavy atom. The topological polar surface area (TPSA) is 112 Å². The van der Waals surface area contributed by atoms with Crippen molar-refractivity contribution in [3.05, 3.63) is 128 Å². The average Bonchev–Trinajstić information content (AvgIpc) is 3.41. The van der Waals surface area contributed by atoms with Gasteiger partial charge < -0.3 is 16.8 Å². The molecule has 1 aliphatic rings. The molecule has 0 bridgehead atoms. The molecule has 2 atom stereocenters. The second-order valence-corrected chi connectivity index (χ2v) is 5.98. The van der Waals surface area contributed by atoms with Crippen molar-refractivity contribution < 1.29 is 41.1 Å². The number of hydrogen-bond acceptors (Lipinski definition) is 4. The molecule has 0 spiro atoms. The van der Waals surface area contributed by atoms with Crippen LogP contribution in [0.3, 0.4) is 0 Å². The Labute approximate surface area is 200 Å². The quantitative estimate of drug-likeness (QED) is 0.210. The number of rotatable bonds is 7. The first-order chi connectivity index (χ1) is 15.1. The van der Waals surface area contributed by atoms with Gasteiger partial charge in [0.15, 0.2) is 0 Å². The molecule has 0 heterocycles. The fraction of sp³-hybridized carbons (Fsp3) is 0.167. The van der Waals surface area contributed by atoms with Crippen LogP contribution in [0.2, 0.25) is 0 Å². The number of benzene rings is 2. The fourth-order valence-corrected chi connectivity index (χ4v) is 2.38. The van der Waals surface area contributed by atoms with Crippen LogP contribution < -0.4 is 0 Å². The predicted octanol–water partition coefficient (Wildman–Crippen LogP) is 4.38. The smallest absolute Gasteiger partial charge is 0.405 e. The number of ether oxygens (including phenoxy) is 1. The largest absolute Gasteiger partial charge is 2.00 e. The molecule has 5 radical (unpaired) electrons. The maximum atomic E-state index is 10.6. The molecule has 0 saturated heterocycles. The van der Waals surface area contributed by atoms with Gasteiger partial charge in [-0.3, -0.25) is 10.1 Å². The molecule has 167 valence electrons.